The Labute approximate surface area is 59.1 Å². The van der Waals surface area contributed by atoms with Crippen molar-refractivity contribution in [2.24, 2.45) is 0 Å². The van der Waals surface area contributed by atoms with Crippen molar-refractivity contribution < 1.29 is 4.79 Å². The summed E-state index contributed by atoms with van der Waals surface area (Å²) in [7, 11) is 0. The van der Waals surface area contributed by atoms with Gasteiger partial charge in [-0.2, -0.15) is 0 Å². The van der Waals surface area contributed by atoms with E-state index in [0.717, 1.165) is 5.69 Å². The number of nitrogens with one attached hydrogen (secondary N) is 1. The number of carbonyl (C=O) groups excluding carboxylic acids is 1. The number of amides is 1. The molecule has 0 fully saturated rings. The van der Waals surface area contributed by atoms with Gasteiger partial charge >= 0.3 is 0 Å². The molecule has 1 amide bonds. The van der Waals surface area contributed by atoms with E-state index >= 15 is 0 Å². The molecule has 52 valence electrons. The molecule has 0 radical (unpaired) electrons. The summed E-state index contributed by atoms with van der Waals surface area (Å²) >= 11 is 0. The molecule has 1 aromatic heterocycles. The van der Waals surface area contributed by atoms with Gasteiger partial charge in [0.15, 0.2) is 0 Å². The molecule has 0 atom stereocenters. The van der Waals surface area contributed by atoms with E-state index in [9.17, 15) is 4.79 Å². The lowest BCUT2D eigenvalue weighted by atomic mass is 10.3. The van der Waals surface area contributed by atoms with E-state index in [1.54, 1.807) is 6.20 Å². The Morgan fingerprint density at radius 3 is 3.10 bits per heavy atom. The molecule has 3 nitrogen and oxygen atoms in total. The van der Waals surface area contributed by atoms with Crippen LogP contribution in [0.15, 0.2) is 24.4 Å². The van der Waals surface area contributed by atoms with Gasteiger partial charge in [-0.05, 0) is 12.1 Å². The first kappa shape index (κ1) is 6.74. The number of rotatable bonds is 3. The van der Waals surface area contributed by atoms with E-state index in [0.29, 0.717) is 13.0 Å². The van der Waals surface area contributed by atoms with Crippen LogP contribution >= 0.6 is 0 Å². The van der Waals surface area contributed by atoms with Gasteiger partial charge in [-0.1, -0.05) is 6.07 Å². The maximum atomic E-state index is 9.84. The first-order chi connectivity index (χ1) is 4.93. The van der Waals surface area contributed by atoms with Gasteiger partial charge in [0.2, 0.25) is 6.41 Å². The van der Waals surface area contributed by atoms with Crippen LogP contribution in [0.2, 0.25) is 0 Å². The summed E-state index contributed by atoms with van der Waals surface area (Å²) < 4.78 is 0. The summed E-state index contributed by atoms with van der Waals surface area (Å²) in [6, 6.07) is 5.58. The Morgan fingerprint density at radius 2 is 2.50 bits per heavy atom. The average Bonchev–Trinajstić information content (AvgIpc) is 2.03. The average molecular weight is 136 g/mol. The van der Waals surface area contributed by atoms with Crippen LogP contribution in [0.5, 0.6) is 0 Å². The zero-order valence-electron chi connectivity index (χ0n) is 5.45. The van der Waals surface area contributed by atoms with Gasteiger partial charge in [-0.15, -0.1) is 0 Å². The number of carbonyl (C=O) groups is 1. The van der Waals surface area contributed by atoms with Crippen LogP contribution in [-0.4, -0.2) is 11.4 Å². The molecule has 0 aromatic carbocycles. The molecular weight excluding hydrogens is 128 g/mol. The highest BCUT2D eigenvalue weighted by Gasteiger charge is 1.87. The van der Waals surface area contributed by atoms with Gasteiger partial charge in [-0.3, -0.25) is 9.78 Å². The number of pyridine rings is 1. The summed E-state index contributed by atoms with van der Waals surface area (Å²) in [6.45, 7) is 0.504. The minimum Gasteiger partial charge on any atom is -0.353 e. The SMILES string of the molecule is O=CNCc1ccccn1. The fourth-order valence-electron chi connectivity index (χ4n) is 0.649. The third kappa shape index (κ3) is 1.85. The van der Waals surface area contributed by atoms with Gasteiger partial charge in [0, 0.05) is 6.20 Å². The zero-order chi connectivity index (χ0) is 7.23. The lowest BCUT2D eigenvalue weighted by molar-refractivity contribution is -0.109. The summed E-state index contributed by atoms with van der Waals surface area (Å²) in [5, 5.41) is 2.52. The number of aromatic nitrogens is 1. The highest BCUT2D eigenvalue weighted by Crippen LogP contribution is 1.90. The van der Waals surface area contributed by atoms with Crippen molar-refractivity contribution in [2.45, 2.75) is 6.54 Å². The maximum Gasteiger partial charge on any atom is 0.207 e. The number of nitrogens with zero attached hydrogens (tertiary/aromatic N) is 1. The third-order valence-corrected chi connectivity index (χ3v) is 1.09. The third-order valence-electron chi connectivity index (χ3n) is 1.09. The number of hydrogen-bond donors (Lipinski definition) is 1. The lowest BCUT2D eigenvalue weighted by Crippen LogP contribution is -2.10. The lowest BCUT2D eigenvalue weighted by Gasteiger charge is -1.95. The Bertz CT molecular complexity index is 198. The van der Waals surface area contributed by atoms with E-state index in [1.807, 2.05) is 18.2 Å². The second kappa shape index (κ2) is 3.61. The summed E-state index contributed by atoms with van der Waals surface area (Å²) in [5.74, 6) is 0. The Balaban J connectivity index is 2.50. The Morgan fingerprint density at radius 1 is 1.60 bits per heavy atom. The highest BCUT2D eigenvalue weighted by atomic mass is 16.1. The fourth-order valence-corrected chi connectivity index (χ4v) is 0.649. The van der Waals surface area contributed by atoms with E-state index < -0.39 is 0 Å². The van der Waals surface area contributed by atoms with Crippen LogP contribution in [0.25, 0.3) is 0 Å². The summed E-state index contributed by atoms with van der Waals surface area (Å²) in [4.78, 5) is 13.8. The molecule has 0 aliphatic carbocycles. The summed E-state index contributed by atoms with van der Waals surface area (Å²) in [6.07, 6.45) is 2.36. The van der Waals surface area contributed by atoms with Crippen LogP contribution in [0.3, 0.4) is 0 Å². The largest absolute Gasteiger partial charge is 0.353 e. The summed E-state index contributed by atoms with van der Waals surface area (Å²) in [5.41, 5.74) is 0.870. The maximum absolute atomic E-state index is 9.84. The molecule has 0 unspecified atom stereocenters. The minimum atomic E-state index is 0.504. The first-order valence-corrected chi connectivity index (χ1v) is 3.00. The van der Waals surface area contributed by atoms with Crippen LogP contribution < -0.4 is 5.32 Å². The molecule has 0 saturated carbocycles. The van der Waals surface area contributed by atoms with Gasteiger partial charge in [0.05, 0.1) is 12.2 Å². The van der Waals surface area contributed by atoms with Gasteiger partial charge in [0.25, 0.3) is 0 Å². The van der Waals surface area contributed by atoms with Crippen LogP contribution in [0.1, 0.15) is 5.69 Å². The molecular formula is C7H8N2O. The fraction of sp³-hybridized carbons (Fsp3) is 0.143. The van der Waals surface area contributed by atoms with Crippen LogP contribution in [-0.2, 0) is 11.3 Å². The smallest absolute Gasteiger partial charge is 0.207 e. The minimum absolute atomic E-state index is 0.504. The van der Waals surface area contributed by atoms with Crippen molar-refractivity contribution in [3.8, 4) is 0 Å². The monoisotopic (exact) mass is 136 g/mol. The van der Waals surface area contributed by atoms with Crippen molar-refractivity contribution >= 4 is 6.41 Å². The molecule has 0 saturated heterocycles. The van der Waals surface area contributed by atoms with Crippen molar-refractivity contribution in [1.82, 2.24) is 10.3 Å². The molecule has 0 aliphatic heterocycles. The molecule has 1 aromatic rings. The molecule has 0 bridgehead atoms. The van der Waals surface area contributed by atoms with Gasteiger partial charge in [0.1, 0.15) is 0 Å². The van der Waals surface area contributed by atoms with Gasteiger partial charge < -0.3 is 5.32 Å². The molecule has 1 N–H and O–H groups in total. The second-order valence-electron chi connectivity index (χ2n) is 1.82. The molecule has 0 spiro atoms. The van der Waals surface area contributed by atoms with Crippen LogP contribution in [0, 0.1) is 0 Å². The molecule has 1 heterocycles. The normalized spacial score (nSPS) is 8.80. The van der Waals surface area contributed by atoms with E-state index in [4.69, 9.17) is 0 Å². The molecule has 0 aliphatic rings. The number of hydrogen-bond acceptors (Lipinski definition) is 2. The predicted molar refractivity (Wildman–Crippen MR) is 37.1 cm³/mol. The second-order valence-corrected chi connectivity index (χ2v) is 1.82. The highest BCUT2D eigenvalue weighted by molar-refractivity contribution is 5.45. The Kier molecular flexibility index (Phi) is 2.43. The standard InChI is InChI=1S/C7H8N2O/c10-6-8-5-7-3-1-2-4-9-7/h1-4,6H,5H2,(H,8,10). The van der Waals surface area contributed by atoms with Crippen molar-refractivity contribution in [3.05, 3.63) is 30.1 Å². The van der Waals surface area contributed by atoms with Crippen molar-refractivity contribution in [3.63, 3.8) is 0 Å². The molecule has 10 heavy (non-hydrogen) atoms. The van der Waals surface area contributed by atoms with E-state index in [1.165, 1.54) is 0 Å². The van der Waals surface area contributed by atoms with Crippen molar-refractivity contribution in [2.75, 3.05) is 0 Å². The quantitative estimate of drug-likeness (QED) is 0.608. The molecule has 3 heteroatoms. The van der Waals surface area contributed by atoms with Crippen molar-refractivity contribution in [1.29, 1.82) is 0 Å². The first-order valence-electron chi connectivity index (χ1n) is 3.00. The van der Waals surface area contributed by atoms with Gasteiger partial charge in [-0.25, -0.2) is 0 Å². The van der Waals surface area contributed by atoms with E-state index in [-0.39, 0.29) is 0 Å². The predicted octanol–water partition coefficient (Wildman–Crippen LogP) is 0.328. The zero-order valence-corrected chi connectivity index (χ0v) is 5.45. The van der Waals surface area contributed by atoms with E-state index in [2.05, 4.69) is 10.3 Å². The topological polar surface area (TPSA) is 42.0 Å². The Hall–Kier alpha value is -1.38. The molecule has 1 rings (SSSR count). The van der Waals surface area contributed by atoms with Crippen LogP contribution in [0.4, 0.5) is 0 Å².